The Morgan fingerprint density at radius 1 is 1.28 bits per heavy atom. The van der Waals surface area contributed by atoms with Gasteiger partial charge in [-0.1, -0.05) is 11.6 Å². The van der Waals surface area contributed by atoms with Gasteiger partial charge in [-0.3, -0.25) is 0 Å². The van der Waals surface area contributed by atoms with Crippen LogP contribution in [-0.4, -0.2) is 53.4 Å². The van der Waals surface area contributed by atoms with E-state index in [4.69, 9.17) is 25.8 Å². The number of fused-ring (bicyclic) bond motifs is 1. The molecule has 1 aromatic heterocycles. The van der Waals surface area contributed by atoms with Crippen LogP contribution in [0.3, 0.4) is 0 Å². The van der Waals surface area contributed by atoms with E-state index in [0.29, 0.717) is 35.1 Å². The number of hydrogen-bond acceptors (Lipinski definition) is 5. The molecule has 0 spiro atoms. The third kappa shape index (κ3) is 4.45. The number of esters is 1. The van der Waals surface area contributed by atoms with Crippen LogP contribution in [0, 0.1) is 0 Å². The number of carbonyl (C=O) groups is 2. The number of ether oxygens (including phenoxy) is 3. The van der Waals surface area contributed by atoms with Gasteiger partial charge in [0.25, 0.3) is 0 Å². The number of aromatic nitrogens is 1. The van der Waals surface area contributed by atoms with Crippen molar-refractivity contribution in [1.82, 2.24) is 9.47 Å². The van der Waals surface area contributed by atoms with Crippen molar-refractivity contribution in [1.29, 1.82) is 0 Å². The first-order valence-electron chi connectivity index (χ1n) is 9.61. The van der Waals surface area contributed by atoms with Crippen molar-refractivity contribution in [3.63, 3.8) is 0 Å². The molecule has 8 heteroatoms. The predicted octanol–water partition coefficient (Wildman–Crippen LogP) is 4.40. The van der Waals surface area contributed by atoms with Gasteiger partial charge in [-0.15, -0.1) is 0 Å². The molecule has 1 amide bonds. The van der Waals surface area contributed by atoms with Crippen molar-refractivity contribution in [3.05, 3.63) is 28.9 Å². The largest absolute Gasteiger partial charge is 0.491 e. The molecule has 0 aliphatic carbocycles. The number of halogens is 1. The molecule has 158 valence electrons. The lowest BCUT2D eigenvalue weighted by Crippen LogP contribution is -2.42. The average molecular weight is 423 g/mol. The lowest BCUT2D eigenvalue weighted by molar-refractivity contribution is 0.0188. The second-order valence-electron chi connectivity index (χ2n) is 8.17. The lowest BCUT2D eigenvalue weighted by atomic mass is 10.2. The summed E-state index contributed by atoms with van der Waals surface area (Å²) in [6, 6.07) is 5.15. The van der Waals surface area contributed by atoms with Crippen molar-refractivity contribution in [2.75, 3.05) is 20.3 Å². The van der Waals surface area contributed by atoms with Crippen LogP contribution < -0.4 is 4.74 Å². The molecule has 3 rings (SSSR count). The Bertz CT molecular complexity index is 931. The van der Waals surface area contributed by atoms with Crippen molar-refractivity contribution in [2.24, 2.45) is 7.05 Å². The van der Waals surface area contributed by atoms with Crippen LogP contribution in [-0.2, 0) is 16.5 Å². The predicted molar refractivity (Wildman–Crippen MR) is 111 cm³/mol. The summed E-state index contributed by atoms with van der Waals surface area (Å²) >= 11 is 6.35. The first-order chi connectivity index (χ1) is 13.6. The first-order valence-corrected chi connectivity index (χ1v) is 9.99. The van der Waals surface area contributed by atoms with Gasteiger partial charge in [-0.2, -0.15) is 0 Å². The van der Waals surface area contributed by atoms with Gasteiger partial charge in [0.15, 0.2) is 0 Å². The summed E-state index contributed by atoms with van der Waals surface area (Å²) in [6.07, 6.45) is 1.43. The number of carbonyl (C=O) groups excluding carboxylic acids is 2. The highest BCUT2D eigenvalue weighted by atomic mass is 35.5. The SMILES string of the molecule is COC(=O)c1cc2c(OC[C@@H]3CCCN3C(=O)OC(C)(C)C)ccc(Cl)c2n1C. The van der Waals surface area contributed by atoms with E-state index in [0.717, 1.165) is 18.2 Å². The smallest absolute Gasteiger partial charge is 0.410 e. The van der Waals surface area contributed by atoms with Gasteiger partial charge in [0, 0.05) is 19.0 Å². The molecule has 1 saturated heterocycles. The van der Waals surface area contributed by atoms with Crippen LogP contribution in [0.25, 0.3) is 10.9 Å². The summed E-state index contributed by atoms with van der Waals surface area (Å²) in [6.45, 7) is 6.54. The normalized spacial score (nSPS) is 16.9. The molecule has 0 radical (unpaired) electrons. The second kappa shape index (κ2) is 8.14. The van der Waals surface area contributed by atoms with Crippen molar-refractivity contribution in [2.45, 2.75) is 45.3 Å². The third-order valence-electron chi connectivity index (χ3n) is 4.94. The van der Waals surface area contributed by atoms with E-state index in [1.165, 1.54) is 7.11 Å². The highest BCUT2D eigenvalue weighted by Gasteiger charge is 2.32. The summed E-state index contributed by atoms with van der Waals surface area (Å²) in [7, 11) is 3.09. The molecule has 0 saturated carbocycles. The van der Waals surface area contributed by atoms with Gasteiger partial charge in [-0.25, -0.2) is 9.59 Å². The summed E-state index contributed by atoms with van der Waals surface area (Å²) in [5.74, 6) is 0.156. The molecule has 2 aromatic rings. The second-order valence-corrected chi connectivity index (χ2v) is 8.58. The molecule has 0 unspecified atom stereocenters. The van der Waals surface area contributed by atoms with Gasteiger partial charge in [0.1, 0.15) is 23.7 Å². The van der Waals surface area contributed by atoms with Crippen molar-refractivity contribution in [3.8, 4) is 5.75 Å². The Balaban J connectivity index is 1.81. The van der Waals surface area contributed by atoms with Gasteiger partial charge in [-0.05, 0) is 51.8 Å². The zero-order valence-corrected chi connectivity index (χ0v) is 18.2. The number of methoxy groups -OCH3 is 1. The van der Waals surface area contributed by atoms with E-state index in [9.17, 15) is 9.59 Å². The van der Waals surface area contributed by atoms with Crippen LogP contribution in [0.15, 0.2) is 18.2 Å². The van der Waals surface area contributed by atoms with Crippen LogP contribution in [0.4, 0.5) is 4.79 Å². The molecule has 29 heavy (non-hydrogen) atoms. The number of benzene rings is 1. The van der Waals surface area contributed by atoms with E-state index in [1.54, 1.807) is 34.7 Å². The van der Waals surface area contributed by atoms with E-state index >= 15 is 0 Å². The highest BCUT2D eigenvalue weighted by Crippen LogP contribution is 2.34. The molecule has 0 bridgehead atoms. The number of amides is 1. The minimum Gasteiger partial charge on any atom is -0.491 e. The fourth-order valence-corrected chi connectivity index (χ4v) is 3.87. The molecule has 1 atom stereocenters. The minimum absolute atomic E-state index is 0.0700. The number of nitrogens with zero attached hydrogens (tertiary/aromatic N) is 2. The molecule has 1 aromatic carbocycles. The Morgan fingerprint density at radius 3 is 2.66 bits per heavy atom. The summed E-state index contributed by atoms with van der Waals surface area (Å²) in [4.78, 5) is 26.2. The van der Waals surface area contributed by atoms with Gasteiger partial charge >= 0.3 is 12.1 Å². The number of aryl methyl sites for hydroxylation is 1. The summed E-state index contributed by atoms with van der Waals surface area (Å²) < 4.78 is 18.1. The van der Waals surface area contributed by atoms with Gasteiger partial charge < -0.3 is 23.7 Å². The topological polar surface area (TPSA) is 70.0 Å². The zero-order chi connectivity index (χ0) is 21.3. The number of rotatable bonds is 4. The fourth-order valence-electron chi connectivity index (χ4n) is 3.58. The third-order valence-corrected chi connectivity index (χ3v) is 5.24. The Labute approximate surface area is 175 Å². The molecule has 2 heterocycles. The number of likely N-dealkylation sites (tertiary alicyclic amines) is 1. The maximum atomic E-state index is 12.5. The standard InChI is InChI=1S/C21H27ClN2O5/c1-21(2,3)29-20(26)24-10-6-7-13(24)12-28-17-9-8-15(22)18-14(17)11-16(23(18)4)19(25)27-5/h8-9,11,13H,6-7,10,12H2,1-5H3/t13-/m0/s1. The van der Waals surface area contributed by atoms with Crippen LogP contribution in [0.5, 0.6) is 5.75 Å². The van der Waals surface area contributed by atoms with E-state index in [1.807, 2.05) is 20.8 Å². The van der Waals surface area contributed by atoms with E-state index in [-0.39, 0.29) is 12.1 Å². The monoisotopic (exact) mass is 422 g/mol. The zero-order valence-electron chi connectivity index (χ0n) is 17.5. The molecular formula is C21H27ClN2O5. The molecule has 1 aliphatic rings. The molecular weight excluding hydrogens is 396 g/mol. The van der Waals surface area contributed by atoms with Crippen LogP contribution >= 0.6 is 11.6 Å². The fraction of sp³-hybridized carbons (Fsp3) is 0.524. The maximum Gasteiger partial charge on any atom is 0.410 e. The molecule has 7 nitrogen and oxygen atoms in total. The maximum absolute atomic E-state index is 12.5. The highest BCUT2D eigenvalue weighted by molar-refractivity contribution is 6.35. The molecule has 1 fully saturated rings. The molecule has 1 aliphatic heterocycles. The van der Waals surface area contributed by atoms with Crippen molar-refractivity contribution >= 4 is 34.6 Å². The lowest BCUT2D eigenvalue weighted by Gasteiger charge is -2.28. The van der Waals surface area contributed by atoms with Crippen LogP contribution in [0.1, 0.15) is 44.1 Å². The minimum atomic E-state index is -0.540. The first kappa shape index (κ1) is 21.3. The Hall–Kier alpha value is -2.41. The van der Waals surface area contributed by atoms with Gasteiger partial charge in [0.05, 0.1) is 23.7 Å². The quantitative estimate of drug-likeness (QED) is 0.683. The summed E-state index contributed by atoms with van der Waals surface area (Å²) in [5, 5.41) is 1.24. The Kier molecular flexibility index (Phi) is 5.98. The number of hydrogen-bond donors (Lipinski definition) is 0. The van der Waals surface area contributed by atoms with E-state index in [2.05, 4.69) is 0 Å². The van der Waals surface area contributed by atoms with Crippen molar-refractivity contribution < 1.29 is 23.8 Å². The van der Waals surface area contributed by atoms with Crippen LogP contribution in [0.2, 0.25) is 5.02 Å². The summed E-state index contributed by atoms with van der Waals surface area (Å²) in [5.41, 5.74) is 0.540. The average Bonchev–Trinajstić information content (AvgIpc) is 3.24. The van der Waals surface area contributed by atoms with E-state index < -0.39 is 11.6 Å². The Morgan fingerprint density at radius 2 is 2.00 bits per heavy atom. The van der Waals surface area contributed by atoms with Gasteiger partial charge in [0.2, 0.25) is 0 Å². The molecule has 0 N–H and O–H groups in total.